The first-order chi connectivity index (χ1) is 7.22. The standard InChI is InChI=1S/C11H14N2O2/c1-3-4-5-8-6-9-10(12-7-8)13(2)11(14)15-9/h6-7H,3-5H2,1-2H3. The molecule has 4 nitrogen and oxygen atoms in total. The number of pyridine rings is 1. The fourth-order valence-corrected chi connectivity index (χ4v) is 1.57. The van der Waals surface area contributed by atoms with Gasteiger partial charge in [0.1, 0.15) is 0 Å². The summed E-state index contributed by atoms with van der Waals surface area (Å²) in [5, 5.41) is 0. The van der Waals surface area contributed by atoms with E-state index in [0.29, 0.717) is 11.2 Å². The maximum Gasteiger partial charge on any atom is 0.420 e. The van der Waals surface area contributed by atoms with Gasteiger partial charge in [-0.05, 0) is 24.5 Å². The highest BCUT2D eigenvalue weighted by molar-refractivity contribution is 5.68. The number of unbranched alkanes of at least 4 members (excludes halogenated alkanes) is 1. The van der Waals surface area contributed by atoms with Crippen LogP contribution in [0.2, 0.25) is 0 Å². The molecular formula is C11H14N2O2. The quantitative estimate of drug-likeness (QED) is 0.770. The van der Waals surface area contributed by atoms with Crippen molar-refractivity contribution in [3.63, 3.8) is 0 Å². The molecule has 2 aromatic rings. The molecule has 2 heterocycles. The summed E-state index contributed by atoms with van der Waals surface area (Å²) in [7, 11) is 1.66. The van der Waals surface area contributed by atoms with Crippen molar-refractivity contribution in [2.24, 2.45) is 7.05 Å². The molecule has 0 aromatic carbocycles. The fraction of sp³-hybridized carbons (Fsp3) is 0.455. The van der Waals surface area contributed by atoms with E-state index in [4.69, 9.17) is 4.42 Å². The van der Waals surface area contributed by atoms with Crippen molar-refractivity contribution in [1.82, 2.24) is 9.55 Å². The summed E-state index contributed by atoms with van der Waals surface area (Å²) in [6.45, 7) is 2.15. The van der Waals surface area contributed by atoms with Gasteiger partial charge >= 0.3 is 5.76 Å². The predicted molar refractivity (Wildman–Crippen MR) is 57.9 cm³/mol. The zero-order valence-electron chi connectivity index (χ0n) is 8.99. The molecule has 15 heavy (non-hydrogen) atoms. The van der Waals surface area contributed by atoms with Crippen molar-refractivity contribution in [1.29, 1.82) is 0 Å². The first-order valence-electron chi connectivity index (χ1n) is 5.17. The number of hydrogen-bond acceptors (Lipinski definition) is 3. The van der Waals surface area contributed by atoms with E-state index in [9.17, 15) is 4.79 Å². The van der Waals surface area contributed by atoms with Crippen molar-refractivity contribution in [3.05, 3.63) is 28.4 Å². The predicted octanol–water partition coefficient (Wildman–Crippen LogP) is 1.87. The average Bonchev–Trinajstić information content (AvgIpc) is 2.52. The van der Waals surface area contributed by atoms with E-state index in [1.165, 1.54) is 4.57 Å². The maximum atomic E-state index is 11.2. The lowest BCUT2D eigenvalue weighted by Gasteiger charge is -1.98. The Morgan fingerprint density at radius 2 is 2.33 bits per heavy atom. The molecular weight excluding hydrogens is 192 g/mol. The van der Waals surface area contributed by atoms with Crippen molar-refractivity contribution in [3.8, 4) is 0 Å². The molecule has 0 fully saturated rings. The van der Waals surface area contributed by atoms with E-state index in [1.54, 1.807) is 7.05 Å². The molecule has 0 amide bonds. The Morgan fingerprint density at radius 3 is 3.07 bits per heavy atom. The average molecular weight is 206 g/mol. The third kappa shape index (κ3) is 1.79. The summed E-state index contributed by atoms with van der Waals surface area (Å²) in [6, 6.07) is 1.90. The van der Waals surface area contributed by atoms with Gasteiger partial charge in [-0.2, -0.15) is 0 Å². The summed E-state index contributed by atoms with van der Waals surface area (Å²) in [5.41, 5.74) is 2.31. The first kappa shape index (κ1) is 9.96. The minimum absolute atomic E-state index is 0.356. The van der Waals surface area contributed by atoms with E-state index >= 15 is 0 Å². The van der Waals surface area contributed by atoms with Crippen LogP contribution in [0.4, 0.5) is 0 Å². The summed E-state index contributed by atoms with van der Waals surface area (Å²) in [5.74, 6) is -0.356. The van der Waals surface area contributed by atoms with Crippen LogP contribution in [0.5, 0.6) is 0 Å². The van der Waals surface area contributed by atoms with Crippen LogP contribution in [-0.4, -0.2) is 9.55 Å². The molecule has 0 N–H and O–H groups in total. The number of aryl methyl sites for hydroxylation is 2. The lowest BCUT2D eigenvalue weighted by molar-refractivity contribution is 0.527. The van der Waals surface area contributed by atoms with Gasteiger partial charge in [-0.25, -0.2) is 9.78 Å². The van der Waals surface area contributed by atoms with Crippen LogP contribution in [0.1, 0.15) is 25.3 Å². The molecule has 0 saturated carbocycles. The molecule has 0 aliphatic heterocycles. The third-order valence-corrected chi connectivity index (χ3v) is 2.50. The molecule has 2 aromatic heterocycles. The van der Waals surface area contributed by atoms with Crippen LogP contribution in [0.15, 0.2) is 21.5 Å². The SMILES string of the molecule is CCCCc1cnc2c(c1)oc(=O)n2C. The van der Waals surface area contributed by atoms with E-state index in [-0.39, 0.29) is 5.76 Å². The second-order valence-electron chi connectivity index (χ2n) is 3.70. The number of oxazole rings is 1. The zero-order chi connectivity index (χ0) is 10.8. The molecule has 0 radical (unpaired) electrons. The Labute approximate surface area is 87.5 Å². The molecule has 2 rings (SSSR count). The Morgan fingerprint density at radius 1 is 1.53 bits per heavy atom. The van der Waals surface area contributed by atoms with Gasteiger partial charge in [0.05, 0.1) is 0 Å². The Balaban J connectivity index is 2.43. The number of hydrogen-bond donors (Lipinski definition) is 0. The Hall–Kier alpha value is -1.58. The van der Waals surface area contributed by atoms with Gasteiger partial charge in [0.15, 0.2) is 11.2 Å². The van der Waals surface area contributed by atoms with E-state index < -0.39 is 0 Å². The fourth-order valence-electron chi connectivity index (χ4n) is 1.57. The highest BCUT2D eigenvalue weighted by Crippen LogP contribution is 2.12. The summed E-state index contributed by atoms with van der Waals surface area (Å²) >= 11 is 0. The highest BCUT2D eigenvalue weighted by atomic mass is 16.4. The van der Waals surface area contributed by atoms with Crippen molar-refractivity contribution in [2.75, 3.05) is 0 Å². The number of nitrogens with zero attached hydrogens (tertiary/aromatic N) is 2. The monoisotopic (exact) mass is 206 g/mol. The summed E-state index contributed by atoms with van der Waals surface area (Å²) in [6.07, 6.45) is 5.08. The Bertz CT molecular complexity index is 525. The minimum atomic E-state index is -0.356. The molecule has 4 heteroatoms. The van der Waals surface area contributed by atoms with Crippen LogP contribution in [0.25, 0.3) is 11.2 Å². The van der Waals surface area contributed by atoms with Crippen LogP contribution in [0.3, 0.4) is 0 Å². The highest BCUT2D eigenvalue weighted by Gasteiger charge is 2.07. The van der Waals surface area contributed by atoms with E-state index in [1.807, 2.05) is 12.3 Å². The van der Waals surface area contributed by atoms with Crippen LogP contribution in [-0.2, 0) is 13.5 Å². The normalized spacial score (nSPS) is 11.1. The molecule has 0 aliphatic rings. The van der Waals surface area contributed by atoms with Crippen molar-refractivity contribution in [2.45, 2.75) is 26.2 Å². The lowest BCUT2D eigenvalue weighted by Crippen LogP contribution is -2.08. The van der Waals surface area contributed by atoms with E-state index in [0.717, 1.165) is 24.8 Å². The third-order valence-electron chi connectivity index (χ3n) is 2.50. The van der Waals surface area contributed by atoms with Crippen LogP contribution < -0.4 is 5.76 Å². The van der Waals surface area contributed by atoms with Gasteiger partial charge in [-0.1, -0.05) is 13.3 Å². The van der Waals surface area contributed by atoms with Crippen LogP contribution >= 0.6 is 0 Å². The minimum Gasteiger partial charge on any atom is -0.406 e. The van der Waals surface area contributed by atoms with Gasteiger partial charge in [0.25, 0.3) is 0 Å². The smallest absolute Gasteiger partial charge is 0.406 e. The molecule has 80 valence electrons. The summed E-state index contributed by atoms with van der Waals surface area (Å²) < 4.78 is 6.48. The van der Waals surface area contributed by atoms with Crippen LogP contribution in [0, 0.1) is 0 Å². The largest absolute Gasteiger partial charge is 0.420 e. The first-order valence-corrected chi connectivity index (χ1v) is 5.17. The van der Waals surface area contributed by atoms with E-state index in [2.05, 4.69) is 11.9 Å². The second kappa shape index (κ2) is 3.88. The number of rotatable bonds is 3. The maximum absolute atomic E-state index is 11.2. The molecule has 0 atom stereocenters. The number of fused-ring (bicyclic) bond motifs is 1. The second-order valence-corrected chi connectivity index (χ2v) is 3.70. The van der Waals surface area contributed by atoms with Crippen molar-refractivity contribution < 1.29 is 4.42 Å². The lowest BCUT2D eigenvalue weighted by atomic mass is 10.1. The number of aromatic nitrogens is 2. The Kier molecular flexibility index (Phi) is 2.58. The molecule has 0 spiro atoms. The molecule has 0 saturated heterocycles. The molecule has 0 unspecified atom stereocenters. The zero-order valence-corrected chi connectivity index (χ0v) is 8.99. The van der Waals surface area contributed by atoms with Gasteiger partial charge in [-0.3, -0.25) is 4.57 Å². The van der Waals surface area contributed by atoms with Gasteiger partial charge in [0, 0.05) is 13.2 Å². The topological polar surface area (TPSA) is 48.0 Å². The van der Waals surface area contributed by atoms with Crippen molar-refractivity contribution >= 4 is 11.2 Å². The van der Waals surface area contributed by atoms with Gasteiger partial charge in [0.2, 0.25) is 0 Å². The molecule has 0 aliphatic carbocycles. The van der Waals surface area contributed by atoms with Gasteiger partial charge in [-0.15, -0.1) is 0 Å². The molecule has 0 bridgehead atoms. The van der Waals surface area contributed by atoms with Gasteiger partial charge < -0.3 is 4.42 Å². The summed E-state index contributed by atoms with van der Waals surface area (Å²) in [4.78, 5) is 15.4.